The summed E-state index contributed by atoms with van der Waals surface area (Å²) < 4.78 is 1.02. The van der Waals surface area contributed by atoms with E-state index in [1.54, 1.807) is 28.6 Å². The first kappa shape index (κ1) is 26.2. The van der Waals surface area contributed by atoms with E-state index in [1.807, 2.05) is 29.8 Å². The lowest BCUT2D eigenvalue weighted by Crippen LogP contribution is -2.30. The average Bonchev–Trinajstić information content (AvgIpc) is 3.65. The lowest BCUT2D eigenvalue weighted by Gasteiger charge is -2.25. The van der Waals surface area contributed by atoms with Gasteiger partial charge in [-0.1, -0.05) is 32.9 Å². The Hall–Kier alpha value is -4.38. The Bertz CT molecular complexity index is 1650. The highest BCUT2D eigenvalue weighted by Gasteiger charge is 2.27. The molecule has 0 bridgehead atoms. The molecule has 1 saturated carbocycles. The van der Waals surface area contributed by atoms with E-state index in [9.17, 15) is 10.5 Å². The number of anilines is 2. The smallest absolute Gasteiger partial charge is 0.103 e. The van der Waals surface area contributed by atoms with Gasteiger partial charge >= 0.3 is 0 Å². The van der Waals surface area contributed by atoms with Crippen molar-refractivity contribution in [3.63, 3.8) is 0 Å². The van der Waals surface area contributed by atoms with Crippen LogP contribution < -0.4 is 22.2 Å². The van der Waals surface area contributed by atoms with Crippen LogP contribution in [-0.4, -0.2) is 27.6 Å². The number of hydrazine groups is 1. The maximum atomic E-state index is 10.0. The Kier molecular flexibility index (Phi) is 7.00. The summed E-state index contributed by atoms with van der Waals surface area (Å²) in [6.45, 7) is 6.99. The monoisotopic (exact) mass is 537 g/mol. The fraction of sp³-hybridized carbons (Fsp3) is 0.310. The molecule has 2 aromatic heterocycles. The summed E-state index contributed by atoms with van der Waals surface area (Å²) in [6.07, 6.45) is 5.38. The third-order valence-electron chi connectivity index (χ3n) is 6.62. The van der Waals surface area contributed by atoms with Crippen LogP contribution in [0.2, 0.25) is 0 Å². The lowest BCUT2D eigenvalue weighted by molar-refractivity contribution is 0.378. The molecule has 1 unspecified atom stereocenters. The molecule has 0 aliphatic heterocycles. The second kappa shape index (κ2) is 10.4. The number of pyridine rings is 1. The first-order chi connectivity index (χ1) is 18.7. The Morgan fingerprint density at radius 1 is 1.21 bits per heavy atom. The zero-order valence-corrected chi connectivity index (χ0v) is 23.0. The van der Waals surface area contributed by atoms with E-state index in [0.717, 1.165) is 28.6 Å². The predicted octanol–water partition coefficient (Wildman–Crippen LogP) is 5.34. The number of benzene rings is 2. The van der Waals surface area contributed by atoms with Crippen LogP contribution in [0.1, 0.15) is 56.3 Å². The summed E-state index contributed by atoms with van der Waals surface area (Å²) in [5.74, 6) is 6.27. The van der Waals surface area contributed by atoms with E-state index in [1.165, 1.54) is 6.20 Å². The largest absolute Gasteiger partial charge is 0.399 e. The second-order valence-electron chi connectivity index (χ2n) is 11.0. The number of nitrogens with two attached hydrogens (primary N) is 2. The Morgan fingerprint density at radius 3 is 2.67 bits per heavy atom. The molecular formula is C29H31N9S. The molecule has 1 atom stereocenters. The van der Waals surface area contributed by atoms with Crippen LogP contribution in [0.3, 0.4) is 0 Å². The Labute approximate surface area is 231 Å². The number of aromatic nitrogens is 2. The van der Waals surface area contributed by atoms with Gasteiger partial charge in [-0.25, -0.2) is 10.8 Å². The van der Waals surface area contributed by atoms with Crippen LogP contribution in [-0.2, 0) is 0 Å². The third kappa shape index (κ3) is 5.58. The molecule has 0 saturated heterocycles. The molecule has 2 heterocycles. The Balaban J connectivity index is 1.64. The van der Waals surface area contributed by atoms with Crippen molar-refractivity contribution in [1.29, 1.82) is 10.5 Å². The van der Waals surface area contributed by atoms with Crippen LogP contribution in [0.4, 0.5) is 11.4 Å². The van der Waals surface area contributed by atoms with Gasteiger partial charge in [0.25, 0.3) is 0 Å². The maximum absolute atomic E-state index is 10.0. The van der Waals surface area contributed by atoms with Crippen molar-refractivity contribution in [2.45, 2.75) is 45.7 Å². The van der Waals surface area contributed by atoms with Crippen LogP contribution in [0.25, 0.3) is 21.1 Å². The van der Waals surface area contributed by atoms with Crippen LogP contribution >= 0.6 is 11.3 Å². The number of nitrogens with one attached hydrogen (secondary N) is 2. The molecule has 4 aromatic rings. The summed E-state index contributed by atoms with van der Waals surface area (Å²) in [5.41, 5.74) is 13.6. The Morgan fingerprint density at radius 2 is 1.97 bits per heavy atom. The van der Waals surface area contributed by atoms with Gasteiger partial charge in [-0.3, -0.25) is 4.98 Å². The van der Waals surface area contributed by atoms with E-state index in [0.29, 0.717) is 51.7 Å². The molecule has 1 aliphatic carbocycles. The summed E-state index contributed by atoms with van der Waals surface area (Å²) in [5, 5.41) is 29.2. The van der Waals surface area contributed by atoms with E-state index >= 15 is 0 Å². The molecule has 198 valence electrons. The van der Waals surface area contributed by atoms with Gasteiger partial charge in [0.05, 0.1) is 49.8 Å². The minimum Gasteiger partial charge on any atom is -0.399 e. The normalized spacial score (nSPS) is 14.6. The van der Waals surface area contributed by atoms with Crippen molar-refractivity contribution >= 4 is 43.8 Å². The number of hydrogen-bond donors (Lipinski definition) is 4. The van der Waals surface area contributed by atoms with Gasteiger partial charge in [-0.2, -0.15) is 10.5 Å². The van der Waals surface area contributed by atoms with E-state index < -0.39 is 6.04 Å². The standard InChI is InChI=1S/C29H31N9S/c1-29(2,3)15-35-26-18(12-31)13-34-25-17(11-30)9-19(10-22(25)26)37-27(23(32)14-38(33)20-7-8-20)21-5-4-6-24-28(21)39-16-36-24/h4-6,9-10,13-14,16,20,27,37H,7-8,15,32-33H2,1-3H3,(H,34,35)/b23-14-. The highest BCUT2D eigenvalue weighted by Crippen LogP contribution is 2.36. The topological polar surface area (TPSA) is 153 Å². The lowest BCUT2D eigenvalue weighted by atomic mass is 9.96. The quantitative estimate of drug-likeness (QED) is 0.172. The van der Waals surface area contributed by atoms with Crippen LogP contribution in [0, 0.1) is 28.1 Å². The third-order valence-corrected chi connectivity index (χ3v) is 7.51. The second-order valence-corrected chi connectivity index (χ2v) is 11.9. The minimum atomic E-state index is -0.443. The van der Waals surface area contributed by atoms with Crippen molar-refractivity contribution in [3.05, 3.63) is 70.6 Å². The van der Waals surface area contributed by atoms with E-state index in [4.69, 9.17) is 11.6 Å². The molecule has 10 heteroatoms. The molecule has 2 aromatic carbocycles. The van der Waals surface area contributed by atoms with Crippen molar-refractivity contribution in [1.82, 2.24) is 15.0 Å². The van der Waals surface area contributed by atoms with E-state index in [-0.39, 0.29) is 5.41 Å². The molecule has 6 N–H and O–H groups in total. The summed E-state index contributed by atoms with van der Waals surface area (Å²) >= 11 is 1.55. The van der Waals surface area contributed by atoms with Crippen LogP contribution in [0.5, 0.6) is 0 Å². The maximum Gasteiger partial charge on any atom is 0.103 e. The zero-order chi connectivity index (χ0) is 27.7. The van der Waals surface area contributed by atoms with Gasteiger partial charge in [0, 0.05) is 36.1 Å². The fourth-order valence-corrected chi connectivity index (χ4v) is 5.30. The number of hydrogen-bond acceptors (Lipinski definition) is 10. The van der Waals surface area contributed by atoms with E-state index in [2.05, 4.69) is 53.5 Å². The number of rotatable bonds is 8. The molecule has 39 heavy (non-hydrogen) atoms. The summed E-state index contributed by atoms with van der Waals surface area (Å²) in [7, 11) is 0. The highest BCUT2D eigenvalue weighted by molar-refractivity contribution is 7.17. The van der Waals surface area contributed by atoms with Gasteiger partial charge < -0.3 is 21.4 Å². The summed E-state index contributed by atoms with van der Waals surface area (Å²) in [4.78, 5) is 8.93. The summed E-state index contributed by atoms with van der Waals surface area (Å²) in [6, 6.07) is 14.0. The molecule has 0 spiro atoms. The first-order valence-electron chi connectivity index (χ1n) is 12.8. The van der Waals surface area contributed by atoms with Crippen LogP contribution in [0.15, 0.2) is 53.9 Å². The first-order valence-corrected chi connectivity index (χ1v) is 13.7. The zero-order valence-electron chi connectivity index (χ0n) is 22.2. The fourth-order valence-electron chi connectivity index (χ4n) is 4.47. The van der Waals surface area contributed by atoms with Crippen molar-refractivity contribution < 1.29 is 0 Å². The molecule has 1 fully saturated rings. The van der Waals surface area contributed by atoms with Gasteiger partial charge in [0.1, 0.15) is 12.1 Å². The number of nitrogens with zero attached hydrogens (tertiary/aromatic N) is 5. The van der Waals surface area contributed by atoms with Gasteiger partial charge in [0.15, 0.2) is 0 Å². The number of nitriles is 2. The molecular weight excluding hydrogens is 506 g/mol. The number of thiazole rings is 1. The molecule has 0 amide bonds. The highest BCUT2D eigenvalue weighted by atomic mass is 32.1. The molecule has 0 radical (unpaired) electrons. The van der Waals surface area contributed by atoms with Crippen molar-refractivity contribution in [2.24, 2.45) is 17.0 Å². The predicted molar refractivity (Wildman–Crippen MR) is 156 cm³/mol. The molecule has 9 nitrogen and oxygen atoms in total. The van der Waals surface area contributed by atoms with Gasteiger partial charge in [0.2, 0.25) is 0 Å². The van der Waals surface area contributed by atoms with Gasteiger partial charge in [-0.15, -0.1) is 11.3 Å². The molecule has 5 rings (SSSR count). The van der Waals surface area contributed by atoms with Crippen molar-refractivity contribution in [3.8, 4) is 12.1 Å². The number of fused-ring (bicyclic) bond motifs is 2. The average molecular weight is 538 g/mol. The SMILES string of the molecule is CC(C)(C)CNc1c(C#N)cnc2c(C#N)cc(NC(/C(N)=C/N(N)C3CC3)c3cccc4ncsc34)cc12. The van der Waals surface area contributed by atoms with Gasteiger partial charge in [-0.05, 0) is 42.0 Å². The molecule has 1 aliphatic rings. The minimum absolute atomic E-state index is 0.0241. The van der Waals surface area contributed by atoms with Crippen molar-refractivity contribution in [2.75, 3.05) is 17.2 Å².